The lowest BCUT2D eigenvalue weighted by atomic mass is 9.86. The quantitative estimate of drug-likeness (QED) is 0.681. The summed E-state index contributed by atoms with van der Waals surface area (Å²) in [6.45, 7) is 4.49. The molecule has 0 spiro atoms. The average molecular weight is 290 g/mol. The maximum atomic E-state index is 12.2. The van der Waals surface area contributed by atoms with Gasteiger partial charge in [0.25, 0.3) is 0 Å². The second-order valence-corrected chi connectivity index (χ2v) is 5.99. The number of carbonyl (C=O) groups excluding carboxylic acids is 1. The Kier molecular flexibility index (Phi) is 5.10. The number of nitrogens with two attached hydrogens (primary N) is 1. The Morgan fingerprint density at radius 3 is 2.62 bits per heavy atom. The third-order valence-electron chi connectivity index (χ3n) is 4.45. The molecule has 0 bridgehead atoms. The van der Waals surface area contributed by atoms with E-state index in [1.165, 1.54) is 12.8 Å². The van der Waals surface area contributed by atoms with Gasteiger partial charge in [0.15, 0.2) is 0 Å². The first-order chi connectivity index (χ1) is 10.0. The molecule has 0 unspecified atom stereocenters. The fraction of sp³-hybridized carbons (Fsp3) is 0.588. The fourth-order valence-electron chi connectivity index (χ4n) is 3.14. The van der Waals surface area contributed by atoms with Crippen molar-refractivity contribution >= 4 is 17.3 Å². The zero-order chi connectivity index (χ0) is 15.4. The molecule has 4 heteroatoms. The molecule has 1 aromatic rings. The summed E-state index contributed by atoms with van der Waals surface area (Å²) in [6, 6.07) is 5.90. The number of para-hydroxylation sites is 1. The third kappa shape index (κ3) is 3.49. The highest BCUT2D eigenvalue weighted by Gasteiger charge is 2.26. The van der Waals surface area contributed by atoms with E-state index in [4.69, 9.17) is 10.5 Å². The first kappa shape index (κ1) is 15.7. The van der Waals surface area contributed by atoms with E-state index < -0.39 is 0 Å². The number of anilines is 2. The Hall–Kier alpha value is -1.71. The summed E-state index contributed by atoms with van der Waals surface area (Å²) in [7, 11) is 2.04. The Balaban J connectivity index is 2.27. The van der Waals surface area contributed by atoms with Crippen LogP contribution in [0.5, 0.6) is 0 Å². The van der Waals surface area contributed by atoms with Crippen molar-refractivity contribution in [1.82, 2.24) is 0 Å². The van der Waals surface area contributed by atoms with Gasteiger partial charge in [-0.25, -0.2) is 4.79 Å². The highest BCUT2D eigenvalue weighted by molar-refractivity contribution is 5.99. The Morgan fingerprint density at radius 1 is 1.33 bits per heavy atom. The molecule has 116 valence electrons. The van der Waals surface area contributed by atoms with Crippen molar-refractivity contribution in [2.45, 2.75) is 45.6 Å². The van der Waals surface area contributed by atoms with Crippen molar-refractivity contribution in [3.63, 3.8) is 0 Å². The number of hydrogen-bond acceptors (Lipinski definition) is 4. The second-order valence-electron chi connectivity index (χ2n) is 5.99. The van der Waals surface area contributed by atoms with Crippen LogP contribution in [0.2, 0.25) is 0 Å². The maximum Gasteiger partial charge on any atom is 0.340 e. The molecule has 0 saturated heterocycles. The number of rotatable bonds is 4. The number of benzene rings is 1. The van der Waals surface area contributed by atoms with E-state index in [1.807, 2.05) is 26.1 Å². The van der Waals surface area contributed by atoms with Gasteiger partial charge in [0, 0.05) is 13.1 Å². The van der Waals surface area contributed by atoms with Gasteiger partial charge in [-0.15, -0.1) is 0 Å². The van der Waals surface area contributed by atoms with E-state index in [0.717, 1.165) is 24.4 Å². The van der Waals surface area contributed by atoms with Crippen LogP contribution in [-0.4, -0.2) is 25.7 Å². The maximum absolute atomic E-state index is 12.2. The zero-order valence-electron chi connectivity index (χ0n) is 13.3. The number of esters is 1. The van der Waals surface area contributed by atoms with Crippen molar-refractivity contribution in [2.24, 2.45) is 5.92 Å². The summed E-state index contributed by atoms with van der Waals surface area (Å²) in [5.74, 6) is 0.503. The standard InChI is InChI=1S/C17H26N2O2/c1-4-21-17(20)14-6-5-7-15(18)16(14)19(3)13-10-8-12(2)9-11-13/h5-7,12-13H,4,8-11,18H2,1-3H3. The summed E-state index contributed by atoms with van der Waals surface area (Å²) < 4.78 is 5.16. The first-order valence-electron chi connectivity index (χ1n) is 7.83. The van der Waals surface area contributed by atoms with Gasteiger partial charge in [0.1, 0.15) is 0 Å². The van der Waals surface area contributed by atoms with Crippen LogP contribution < -0.4 is 10.6 Å². The topological polar surface area (TPSA) is 55.6 Å². The Labute approximate surface area is 127 Å². The summed E-state index contributed by atoms with van der Waals surface area (Å²) in [5.41, 5.74) is 8.16. The summed E-state index contributed by atoms with van der Waals surface area (Å²) >= 11 is 0. The number of nitrogens with zero attached hydrogens (tertiary/aromatic N) is 1. The van der Waals surface area contributed by atoms with Gasteiger partial charge in [-0.1, -0.05) is 13.0 Å². The van der Waals surface area contributed by atoms with Gasteiger partial charge in [-0.3, -0.25) is 0 Å². The minimum atomic E-state index is -0.296. The molecule has 0 amide bonds. The van der Waals surface area contributed by atoms with Gasteiger partial charge in [0.05, 0.1) is 23.5 Å². The summed E-state index contributed by atoms with van der Waals surface area (Å²) in [4.78, 5) is 14.3. The Morgan fingerprint density at radius 2 is 2.00 bits per heavy atom. The molecule has 0 atom stereocenters. The van der Waals surface area contributed by atoms with Gasteiger partial charge in [0.2, 0.25) is 0 Å². The molecule has 1 aliphatic rings. The highest BCUT2D eigenvalue weighted by atomic mass is 16.5. The van der Waals surface area contributed by atoms with E-state index in [0.29, 0.717) is 23.9 Å². The third-order valence-corrected chi connectivity index (χ3v) is 4.45. The minimum absolute atomic E-state index is 0.296. The first-order valence-corrected chi connectivity index (χ1v) is 7.83. The van der Waals surface area contributed by atoms with E-state index in [9.17, 15) is 4.79 Å². The number of nitrogen functional groups attached to an aromatic ring is 1. The lowest BCUT2D eigenvalue weighted by Gasteiger charge is -2.36. The molecule has 21 heavy (non-hydrogen) atoms. The van der Waals surface area contributed by atoms with Crippen molar-refractivity contribution in [2.75, 3.05) is 24.3 Å². The zero-order valence-corrected chi connectivity index (χ0v) is 13.3. The van der Waals surface area contributed by atoms with Crippen LogP contribution in [-0.2, 0) is 4.74 Å². The summed E-state index contributed by atoms with van der Waals surface area (Å²) in [5, 5.41) is 0. The highest BCUT2D eigenvalue weighted by Crippen LogP contribution is 2.34. The average Bonchev–Trinajstić information content (AvgIpc) is 2.47. The van der Waals surface area contributed by atoms with Crippen molar-refractivity contribution in [1.29, 1.82) is 0 Å². The molecule has 0 heterocycles. The molecule has 1 aliphatic carbocycles. The van der Waals surface area contributed by atoms with Crippen molar-refractivity contribution < 1.29 is 9.53 Å². The predicted molar refractivity (Wildman–Crippen MR) is 86.6 cm³/mol. The number of hydrogen-bond donors (Lipinski definition) is 1. The smallest absolute Gasteiger partial charge is 0.340 e. The monoisotopic (exact) mass is 290 g/mol. The van der Waals surface area contributed by atoms with Gasteiger partial charge < -0.3 is 15.4 Å². The van der Waals surface area contributed by atoms with Crippen LogP contribution in [0.25, 0.3) is 0 Å². The molecular weight excluding hydrogens is 264 g/mol. The molecule has 1 saturated carbocycles. The van der Waals surface area contributed by atoms with E-state index in [2.05, 4.69) is 11.8 Å². The molecule has 2 N–H and O–H groups in total. The SMILES string of the molecule is CCOC(=O)c1cccc(N)c1N(C)C1CCC(C)CC1. The van der Waals surface area contributed by atoms with Gasteiger partial charge >= 0.3 is 5.97 Å². The van der Waals surface area contributed by atoms with Crippen molar-refractivity contribution in [3.05, 3.63) is 23.8 Å². The van der Waals surface area contributed by atoms with Crippen LogP contribution in [0.15, 0.2) is 18.2 Å². The van der Waals surface area contributed by atoms with Gasteiger partial charge in [-0.2, -0.15) is 0 Å². The Bertz CT molecular complexity index is 494. The van der Waals surface area contributed by atoms with Crippen LogP contribution in [0.3, 0.4) is 0 Å². The molecule has 0 aromatic heterocycles. The molecule has 4 nitrogen and oxygen atoms in total. The van der Waals surface area contributed by atoms with E-state index in [-0.39, 0.29) is 5.97 Å². The lowest BCUT2D eigenvalue weighted by molar-refractivity contribution is 0.0527. The molecule has 1 fully saturated rings. The molecule has 2 rings (SSSR count). The normalized spacial score (nSPS) is 21.9. The van der Waals surface area contributed by atoms with E-state index >= 15 is 0 Å². The van der Waals surface area contributed by atoms with Crippen LogP contribution >= 0.6 is 0 Å². The van der Waals surface area contributed by atoms with Crippen LogP contribution in [0.4, 0.5) is 11.4 Å². The molecule has 0 radical (unpaired) electrons. The molecule has 1 aromatic carbocycles. The van der Waals surface area contributed by atoms with E-state index in [1.54, 1.807) is 6.07 Å². The second kappa shape index (κ2) is 6.83. The molecule has 0 aliphatic heterocycles. The van der Waals surface area contributed by atoms with Gasteiger partial charge in [-0.05, 0) is 50.7 Å². The summed E-state index contributed by atoms with van der Waals surface area (Å²) in [6.07, 6.45) is 4.76. The number of ether oxygens (including phenoxy) is 1. The lowest BCUT2D eigenvalue weighted by Crippen LogP contribution is -2.36. The predicted octanol–water partition coefficient (Wildman–Crippen LogP) is 3.46. The minimum Gasteiger partial charge on any atom is -0.462 e. The van der Waals surface area contributed by atoms with Crippen LogP contribution in [0.1, 0.15) is 49.9 Å². The van der Waals surface area contributed by atoms with Crippen molar-refractivity contribution in [3.8, 4) is 0 Å². The molecular formula is C17H26N2O2. The number of carbonyl (C=O) groups is 1. The van der Waals surface area contributed by atoms with Crippen LogP contribution in [0, 0.1) is 5.92 Å². The fourth-order valence-corrected chi connectivity index (χ4v) is 3.14. The largest absolute Gasteiger partial charge is 0.462 e.